The molecule has 0 saturated heterocycles. The Morgan fingerprint density at radius 3 is 2.89 bits per heavy atom. The van der Waals surface area contributed by atoms with Crippen molar-refractivity contribution < 1.29 is 14.3 Å². The molecule has 2 heterocycles. The van der Waals surface area contributed by atoms with Gasteiger partial charge in [-0.05, 0) is 17.5 Å². The molecule has 0 radical (unpaired) electrons. The van der Waals surface area contributed by atoms with Gasteiger partial charge in [-0.15, -0.1) is 11.3 Å². The van der Waals surface area contributed by atoms with Crippen LogP contribution in [0.4, 0.5) is 5.69 Å². The monoisotopic (exact) mass is 296 g/mol. The molecule has 0 aliphatic carbocycles. The van der Waals surface area contributed by atoms with Crippen molar-refractivity contribution in [3.63, 3.8) is 0 Å². The minimum atomic E-state index is -0.498. The number of nitrogens with one attached hydrogen (secondary N) is 1. The quantitative estimate of drug-likeness (QED) is 0.884. The van der Waals surface area contributed by atoms with Gasteiger partial charge in [-0.3, -0.25) is 9.78 Å². The lowest BCUT2D eigenvalue weighted by Gasteiger charge is -2.06. The molecule has 0 unspecified atom stereocenters. The van der Waals surface area contributed by atoms with Crippen LogP contribution in [0.15, 0.2) is 29.9 Å². The van der Waals surface area contributed by atoms with Gasteiger partial charge >= 0.3 is 5.97 Å². The van der Waals surface area contributed by atoms with Crippen LogP contribution in [0.3, 0.4) is 0 Å². The average molecular weight is 297 g/mol. The third-order valence-electron chi connectivity index (χ3n) is 2.30. The number of anilines is 1. The van der Waals surface area contributed by atoms with Gasteiger partial charge in [-0.1, -0.05) is 11.6 Å². The fraction of sp³-hybridized carbons (Fsp3) is 0.0833. The van der Waals surface area contributed by atoms with Gasteiger partial charge < -0.3 is 10.1 Å². The summed E-state index contributed by atoms with van der Waals surface area (Å²) in [6, 6.07) is 3.14. The van der Waals surface area contributed by atoms with Crippen LogP contribution in [0, 0.1) is 0 Å². The van der Waals surface area contributed by atoms with Crippen molar-refractivity contribution in [2.45, 2.75) is 0 Å². The van der Waals surface area contributed by atoms with E-state index in [9.17, 15) is 9.59 Å². The number of ether oxygens (including phenoxy) is 1. The van der Waals surface area contributed by atoms with Crippen LogP contribution in [0.2, 0.25) is 5.02 Å². The molecule has 0 spiro atoms. The minimum absolute atomic E-state index is 0.242. The topological polar surface area (TPSA) is 68.3 Å². The fourth-order valence-electron chi connectivity index (χ4n) is 1.39. The van der Waals surface area contributed by atoms with Gasteiger partial charge in [0.1, 0.15) is 4.88 Å². The zero-order valence-electron chi connectivity index (χ0n) is 9.84. The summed E-state index contributed by atoms with van der Waals surface area (Å²) in [6.07, 6.45) is 2.85. The Kier molecular flexibility index (Phi) is 4.13. The van der Waals surface area contributed by atoms with Gasteiger partial charge in [-0.25, -0.2) is 4.79 Å². The molecular formula is C12H9ClN2O3S. The number of nitrogens with zero attached hydrogens (tertiary/aromatic N) is 1. The normalized spacial score (nSPS) is 10.0. The fourth-order valence-corrected chi connectivity index (χ4v) is 2.35. The van der Waals surface area contributed by atoms with Gasteiger partial charge in [0.25, 0.3) is 5.91 Å². The number of amides is 1. The molecule has 1 amide bonds. The molecule has 0 atom stereocenters. The van der Waals surface area contributed by atoms with E-state index in [4.69, 9.17) is 11.6 Å². The smallest absolute Gasteiger partial charge is 0.350 e. The van der Waals surface area contributed by atoms with Crippen LogP contribution in [-0.2, 0) is 4.74 Å². The Morgan fingerprint density at radius 2 is 2.21 bits per heavy atom. The first-order valence-corrected chi connectivity index (χ1v) is 6.46. The van der Waals surface area contributed by atoms with E-state index in [1.165, 1.54) is 36.9 Å². The Morgan fingerprint density at radius 1 is 1.42 bits per heavy atom. The van der Waals surface area contributed by atoms with Crippen molar-refractivity contribution in [1.82, 2.24) is 4.98 Å². The third kappa shape index (κ3) is 2.91. The largest absolute Gasteiger partial charge is 0.465 e. The number of thiophene rings is 1. The molecule has 19 heavy (non-hydrogen) atoms. The molecule has 2 aromatic heterocycles. The van der Waals surface area contributed by atoms with Crippen LogP contribution in [-0.4, -0.2) is 24.0 Å². The molecule has 2 aromatic rings. The first kappa shape index (κ1) is 13.5. The van der Waals surface area contributed by atoms with Crippen molar-refractivity contribution in [2.75, 3.05) is 12.4 Å². The number of halogens is 1. The van der Waals surface area contributed by atoms with Gasteiger partial charge in [0.2, 0.25) is 0 Å². The summed E-state index contributed by atoms with van der Waals surface area (Å²) in [7, 11) is 1.28. The number of carbonyl (C=O) groups excluding carboxylic acids is 2. The number of hydrogen-bond acceptors (Lipinski definition) is 5. The molecule has 2 rings (SSSR count). The average Bonchev–Trinajstić information content (AvgIpc) is 2.86. The molecule has 0 aliphatic heterocycles. The lowest BCUT2D eigenvalue weighted by Crippen LogP contribution is -2.14. The molecule has 7 heteroatoms. The number of pyridine rings is 1. The summed E-state index contributed by atoms with van der Waals surface area (Å²) in [6.45, 7) is 0. The highest BCUT2D eigenvalue weighted by molar-refractivity contribution is 7.12. The predicted octanol–water partition coefficient (Wildman–Crippen LogP) is 2.84. The van der Waals surface area contributed by atoms with Crippen molar-refractivity contribution >= 4 is 40.5 Å². The van der Waals surface area contributed by atoms with Crippen LogP contribution >= 0.6 is 22.9 Å². The number of methoxy groups -OCH3 is 1. The van der Waals surface area contributed by atoms with E-state index in [-0.39, 0.29) is 5.56 Å². The summed E-state index contributed by atoms with van der Waals surface area (Å²) in [5.74, 6) is -0.927. The van der Waals surface area contributed by atoms with Gasteiger partial charge in [0.05, 0.1) is 23.4 Å². The highest BCUT2D eigenvalue weighted by atomic mass is 35.5. The van der Waals surface area contributed by atoms with E-state index in [0.717, 1.165) is 0 Å². The van der Waals surface area contributed by atoms with E-state index >= 15 is 0 Å². The summed E-state index contributed by atoms with van der Waals surface area (Å²) < 4.78 is 4.63. The standard InChI is InChI=1S/C12H9ClN2O3S/c1-18-12(17)10-9(3-5-19-10)15-11(16)7-6-14-4-2-8(7)13/h2-6H,1H3,(H,15,16). The number of aromatic nitrogens is 1. The number of esters is 1. The van der Waals surface area contributed by atoms with Crippen LogP contribution in [0.5, 0.6) is 0 Å². The molecular weight excluding hydrogens is 288 g/mol. The maximum atomic E-state index is 12.0. The van der Waals surface area contributed by atoms with E-state index in [1.54, 1.807) is 11.4 Å². The first-order valence-electron chi connectivity index (χ1n) is 5.20. The zero-order chi connectivity index (χ0) is 13.8. The molecule has 98 valence electrons. The third-order valence-corrected chi connectivity index (χ3v) is 3.52. The SMILES string of the molecule is COC(=O)c1sccc1NC(=O)c1cnccc1Cl. The lowest BCUT2D eigenvalue weighted by atomic mass is 10.2. The molecule has 1 N–H and O–H groups in total. The highest BCUT2D eigenvalue weighted by Crippen LogP contribution is 2.24. The van der Waals surface area contributed by atoms with Crippen molar-refractivity contribution in [2.24, 2.45) is 0 Å². The van der Waals surface area contributed by atoms with E-state index in [2.05, 4.69) is 15.0 Å². The molecule has 0 aliphatic rings. The van der Waals surface area contributed by atoms with Crippen molar-refractivity contribution in [3.05, 3.63) is 45.4 Å². The minimum Gasteiger partial charge on any atom is -0.465 e. The molecule has 0 fully saturated rings. The summed E-state index contributed by atoms with van der Waals surface area (Å²) in [5.41, 5.74) is 0.632. The second-order valence-corrected chi connectivity index (χ2v) is 4.79. The van der Waals surface area contributed by atoms with Crippen LogP contribution < -0.4 is 5.32 Å². The van der Waals surface area contributed by atoms with E-state index in [1.807, 2.05) is 0 Å². The summed E-state index contributed by atoms with van der Waals surface area (Å²) >= 11 is 7.08. The number of carbonyl (C=O) groups is 2. The Balaban J connectivity index is 2.23. The summed E-state index contributed by atoms with van der Waals surface area (Å²) in [5, 5.41) is 4.59. The Hall–Kier alpha value is -1.92. The predicted molar refractivity (Wildman–Crippen MR) is 72.9 cm³/mol. The first-order chi connectivity index (χ1) is 9.13. The number of rotatable bonds is 3. The van der Waals surface area contributed by atoms with Crippen molar-refractivity contribution in [3.8, 4) is 0 Å². The molecule has 0 aromatic carbocycles. The highest BCUT2D eigenvalue weighted by Gasteiger charge is 2.17. The van der Waals surface area contributed by atoms with Crippen LogP contribution in [0.25, 0.3) is 0 Å². The van der Waals surface area contributed by atoms with E-state index in [0.29, 0.717) is 15.6 Å². The van der Waals surface area contributed by atoms with Crippen LogP contribution in [0.1, 0.15) is 20.0 Å². The van der Waals surface area contributed by atoms with Gasteiger partial charge in [-0.2, -0.15) is 0 Å². The van der Waals surface area contributed by atoms with E-state index < -0.39 is 11.9 Å². The lowest BCUT2D eigenvalue weighted by molar-refractivity contribution is 0.0607. The van der Waals surface area contributed by atoms with Gasteiger partial charge in [0, 0.05) is 12.4 Å². The van der Waals surface area contributed by atoms with Gasteiger partial charge in [0.15, 0.2) is 0 Å². The maximum absolute atomic E-state index is 12.0. The Bertz CT molecular complexity index is 627. The zero-order valence-corrected chi connectivity index (χ0v) is 11.4. The number of hydrogen-bond donors (Lipinski definition) is 1. The molecule has 0 bridgehead atoms. The molecule has 5 nitrogen and oxygen atoms in total. The Labute approximate surface area is 118 Å². The maximum Gasteiger partial charge on any atom is 0.350 e. The second kappa shape index (κ2) is 5.81. The second-order valence-electron chi connectivity index (χ2n) is 3.46. The van der Waals surface area contributed by atoms with Crippen molar-refractivity contribution in [1.29, 1.82) is 0 Å². The summed E-state index contributed by atoms with van der Waals surface area (Å²) in [4.78, 5) is 27.7. The molecule has 0 saturated carbocycles.